The van der Waals surface area contributed by atoms with E-state index in [1.165, 1.54) is 0 Å². The van der Waals surface area contributed by atoms with E-state index in [1.54, 1.807) is 7.11 Å². The van der Waals surface area contributed by atoms with Gasteiger partial charge in [0, 0.05) is 0 Å². The Labute approximate surface area is 94.2 Å². The molecular weight excluding hydrogens is 337 g/mol. The molecule has 0 N–H and O–H groups in total. The first-order valence-electron chi connectivity index (χ1n) is 3.32. The van der Waals surface area contributed by atoms with Gasteiger partial charge in [-0.15, -0.1) is 0 Å². The molecule has 0 aromatic heterocycles. The van der Waals surface area contributed by atoms with Crippen LogP contribution in [0, 0.1) is 6.92 Å². The van der Waals surface area contributed by atoms with Crippen molar-refractivity contribution in [3.63, 3.8) is 0 Å². The summed E-state index contributed by atoms with van der Waals surface area (Å²) in [6, 6.07) is 7.64. The van der Waals surface area contributed by atoms with Crippen molar-refractivity contribution in [3.8, 4) is 5.75 Å². The number of hydrogen-bond donors (Lipinski definition) is 0. The zero-order chi connectivity index (χ0) is 9.40. The minimum Gasteiger partial charge on any atom is -0.497 e. The van der Waals surface area contributed by atoms with E-state index in [4.69, 9.17) is 4.74 Å². The summed E-state index contributed by atoms with van der Waals surface area (Å²) in [6.45, 7) is 3.75. The maximum Gasteiger partial charge on any atom is 0.119 e. The second-order valence-electron chi connectivity index (χ2n) is 1.95. The van der Waals surface area contributed by atoms with Gasteiger partial charge in [0.05, 0.1) is 7.11 Å². The average molecular weight is 346 g/mol. The van der Waals surface area contributed by atoms with Crippen LogP contribution in [0.3, 0.4) is 0 Å². The summed E-state index contributed by atoms with van der Waals surface area (Å²) in [4.78, 5) is 0. The van der Waals surface area contributed by atoms with Crippen LogP contribution in [-0.4, -0.2) is 7.11 Å². The van der Waals surface area contributed by atoms with Crippen molar-refractivity contribution in [1.82, 2.24) is 0 Å². The Kier molecular flexibility index (Phi) is 8.63. The maximum absolute atomic E-state index is 4.96. The Balaban J connectivity index is 0.000000354. The molecule has 0 amide bonds. The van der Waals surface area contributed by atoms with Crippen LogP contribution in [0.4, 0.5) is 0 Å². The monoisotopic (exact) mass is 343 g/mol. The summed E-state index contributed by atoms with van der Waals surface area (Å²) in [5, 5.41) is 0. The number of ether oxygens (including phenoxy) is 1. The standard InChI is InChI=1S/C8H9O.2BrH.Zn/c1-7-4-3-5-8(6-7)9-2;;;/h3-6H,1H2,2H3;2*1H;/q;;;+2/p-2. The molecule has 4 heteroatoms. The minimum atomic E-state index is -0.250. The number of halogens is 2. The van der Waals surface area contributed by atoms with Crippen LogP contribution in [-0.2, 0) is 13.2 Å². The Morgan fingerprint density at radius 3 is 2.33 bits per heavy atom. The van der Waals surface area contributed by atoms with Crippen molar-refractivity contribution in [2.45, 2.75) is 0 Å². The fourth-order valence-electron chi connectivity index (χ4n) is 0.672. The van der Waals surface area contributed by atoms with Gasteiger partial charge >= 0.3 is 40.5 Å². The number of hydrogen-bond acceptors (Lipinski definition) is 1. The van der Waals surface area contributed by atoms with E-state index in [-0.39, 0.29) is 13.2 Å². The molecule has 12 heavy (non-hydrogen) atoms. The van der Waals surface area contributed by atoms with E-state index in [1.807, 2.05) is 24.3 Å². The SMILES string of the molecule is [Br][Zn][Br].[CH2]c1cccc(OC)c1. The summed E-state index contributed by atoms with van der Waals surface area (Å²) in [5.41, 5.74) is 0.981. The third-order valence-corrected chi connectivity index (χ3v) is 1.13. The molecule has 1 aromatic carbocycles. The van der Waals surface area contributed by atoms with Gasteiger partial charge in [0.1, 0.15) is 5.75 Å². The fraction of sp³-hybridized carbons (Fsp3) is 0.125. The predicted molar refractivity (Wildman–Crippen MR) is 55.3 cm³/mol. The van der Waals surface area contributed by atoms with Gasteiger partial charge in [-0.05, 0) is 24.6 Å². The summed E-state index contributed by atoms with van der Waals surface area (Å²) in [7, 11) is 1.65. The van der Waals surface area contributed by atoms with Crippen LogP contribution in [0.1, 0.15) is 5.56 Å². The van der Waals surface area contributed by atoms with E-state index in [0.717, 1.165) is 11.3 Å². The van der Waals surface area contributed by atoms with Crippen LogP contribution in [0.25, 0.3) is 0 Å². The first-order valence-corrected chi connectivity index (χ1v) is 17.2. The van der Waals surface area contributed by atoms with Gasteiger partial charge in [-0.3, -0.25) is 0 Å². The van der Waals surface area contributed by atoms with Gasteiger partial charge in [-0.2, -0.15) is 0 Å². The molecule has 1 aromatic rings. The Bertz CT molecular complexity index is 218. The largest absolute Gasteiger partial charge is 0.497 e. The predicted octanol–water partition coefficient (Wildman–Crippen LogP) is 3.57. The molecule has 0 heterocycles. The van der Waals surface area contributed by atoms with E-state index >= 15 is 0 Å². The van der Waals surface area contributed by atoms with Crippen LogP contribution >= 0.6 is 27.2 Å². The van der Waals surface area contributed by atoms with Gasteiger partial charge in [-0.25, -0.2) is 0 Å². The number of methoxy groups -OCH3 is 1. The van der Waals surface area contributed by atoms with Crippen molar-refractivity contribution in [2.75, 3.05) is 7.11 Å². The van der Waals surface area contributed by atoms with Crippen LogP contribution in [0.15, 0.2) is 24.3 Å². The van der Waals surface area contributed by atoms with Crippen LogP contribution in [0.2, 0.25) is 0 Å². The zero-order valence-corrected chi connectivity index (χ0v) is 13.0. The minimum absolute atomic E-state index is 0.250. The average Bonchev–Trinajstić information content (AvgIpc) is 2.06. The molecular formula is C8H9Br2OZn. The molecule has 1 rings (SSSR count). The second kappa shape index (κ2) is 8.21. The number of rotatable bonds is 1. The van der Waals surface area contributed by atoms with Crippen molar-refractivity contribution in [1.29, 1.82) is 0 Å². The van der Waals surface area contributed by atoms with E-state index < -0.39 is 0 Å². The smallest absolute Gasteiger partial charge is 0.119 e. The summed E-state index contributed by atoms with van der Waals surface area (Å²) in [5.74, 6) is 0.863. The molecule has 0 fully saturated rings. The van der Waals surface area contributed by atoms with Gasteiger partial charge in [0.15, 0.2) is 0 Å². The number of benzene rings is 1. The topological polar surface area (TPSA) is 9.23 Å². The summed E-state index contributed by atoms with van der Waals surface area (Å²) < 4.78 is 4.96. The first-order chi connectivity index (χ1) is 5.74. The van der Waals surface area contributed by atoms with Crippen molar-refractivity contribution < 1.29 is 17.9 Å². The molecule has 0 bridgehead atoms. The molecule has 0 saturated carbocycles. The van der Waals surface area contributed by atoms with Gasteiger partial charge < -0.3 is 4.74 Å². The maximum atomic E-state index is 4.96. The molecule has 0 aliphatic rings. The third-order valence-electron chi connectivity index (χ3n) is 1.13. The van der Waals surface area contributed by atoms with Crippen LogP contribution in [0.5, 0.6) is 5.75 Å². The fourth-order valence-corrected chi connectivity index (χ4v) is 0.672. The normalized spacial score (nSPS) is 7.67. The van der Waals surface area contributed by atoms with Gasteiger partial charge in [0.25, 0.3) is 0 Å². The Morgan fingerprint density at radius 1 is 1.42 bits per heavy atom. The second-order valence-corrected chi connectivity index (χ2v) is 16.0. The molecule has 0 saturated heterocycles. The molecule has 0 spiro atoms. The third kappa shape index (κ3) is 6.16. The molecule has 0 unspecified atom stereocenters. The molecule has 0 aliphatic carbocycles. The van der Waals surface area contributed by atoms with Gasteiger partial charge in [0.2, 0.25) is 0 Å². The van der Waals surface area contributed by atoms with Crippen molar-refractivity contribution in [3.05, 3.63) is 36.8 Å². The summed E-state index contributed by atoms with van der Waals surface area (Å²) >= 11 is 6.25. The quantitative estimate of drug-likeness (QED) is 0.707. The van der Waals surface area contributed by atoms with Crippen molar-refractivity contribution >= 4 is 27.2 Å². The van der Waals surface area contributed by atoms with E-state index in [0.29, 0.717) is 0 Å². The molecule has 1 nitrogen and oxygen atoms in total. The van der Waals surface area contributed by atoms with E-state index in [2.05, 4.69) is 34.2 Å². The molecule has 0 aliphatic heterocycles. The first kappa shape index (κ1) is 12.6. The summed E-state index contributed by atoms with van der Waals surface area (Å²) in [6.07, 6.45) is 0. The zero-order valence-electron chi connectivity index (χ0n) is 6.89. The van der Waals surface area contributed by atoms with Crippen molar-refractivity contribution in [2.24, 2.45) is 0 Å². The van der Waals surface area contributed by atoms with Crippen LogP contribution < -0.4 is 4.74 Å². The molecule has 1 radical (unpaired) electrons. The Morgan fingerprint density at radius 2 is 2.00 bits per heavy atom. The Hall–Kier alpha value is 0.603. The molecule has 63 valence electrons. The van der Waals surface area contributed by atoms with E-state index in [9.17, 15) is 0 Å². The van der Waals surface area contributed by atoms with Gasteiger partial charge in [-0.1, -0.05) is 12.1 Å². The molecule has 0 atom stereocenters.